The molecule has 5 rings (SSSR count). The summed E-state index contributed by atoms with van der Waals surface area (Å²) in [5.74, 6) is -0.444. The summed E-state index contributed by atoms with van der Waals surface area (Å²) in [6.45, 7) is 1.58. The number of oxime groups is 1. The number of guanidine groups is 1. The van der Waals surface area contributed by atoms with Gasteiger partial charge in [-0.05, 0) is 30.7 Å². The van der Waals surface area contributed by atoms with Crippen LogP contribution in [0.5, 0.6) is 5.75 Å². The third-order valence-corrected chi connectivity index (χ3v) is 6.26. The number of rotatable bonds is 3. The number of fused-ring (bicyclic) bond motifs is 5. The number of ether oxygens (including phenoxy) is 2. The van der Waals surface area contributed by atoms with Crippen molar-refractivity contribution < 1.29 is 24.6 Å². The molecule has 3 aromatic rings. The zero-order valence-corrected chi connectivity index (χ0v) is 17.9. The van der Waals surface area contributed by atoms with Crippen molar-refractivity contribution in [2.45, 2.75) is 32.1 Å². The van der Waals surface area contributed by atoms with Gasteiger partial charge in [0.15, 0.2) is 5.60 Å². The van der Waals surface area contributed by atoms with Crippen molar-refractivity contribution >= 4 is 28.5 Å². The first-order chi connectivity index (χ1) is 15.8. The molecule has 0 unspecified atom stereocenters. The number of aliphatic hydroxyl groups is 1. The number of nitrogens with one attached hydrogen (secondary N) is 1. The van der Waals surface area contributed by atoms with E-state index in [9.17, 15) is 14.7 Å². The molecule has 1 atom stereocenters. The van der Waals surface area contributed by atoms with Gasteiger partial charge < -0.3 is 35.4 Å². The van der Waals surface area contributed by atoms with Crippen molar-refractivity contribution in [3.8, 4) is 17.1 Å². The van der Waals surface area contributed by atoms with Crippen molar-refractivity contribution in [2.75, 3.05) is 12.4 Å². The average molecular weight is 451 g/mol. The number of nitrogens with zero attached hydrogens (tertiary/aromatic N) is 3. The van der Waals surface area contributed by atoms with Crippen LogP contribution in [-0.2, 0) is 28.3 Å². The van der Waals surface area contributed by atoms with E-state index in [2.05, 4.69) is 10.5 Å². The van der Waals surface area contributed by atoms with Gasteiger partial charge in [-0.15, -0.1) is 0 Å². The van der Waals surface area contributed by atoms with Crippen LogP contribution in [0, 0.1) is 0 Å². The van der Waals surface area contributed by atoms with E-state index in [0.717, 1.165) is 0 Å². The van der Waals surface area contributed by atoms with Crippen molar-refractivity contribution in [1.82, 2.24) is 9.55 Å². The van der Waals surface area contributed by atoms with Crippen LogP contribution >= 0.6 is 0 Å². The minimum atomic E-state index is -1.91. The Morgan fingerprint density at radius 3 is 2.85 bits per heavy atom. The number of carbonyl (C=O) groups excluding carboxylic acids is 1. The summed E-state index contributed by atoms with van der Waals surface area (Å²) in [5.41, 5.74) is 6.56. The topological polar surface area (TPSA) is 161 Å². The summed E-state index contributed by atoms with van der Waals surface area (Å²) < 4.78 is 11.9. The smallest absolute Gasteiger partial charge is 0.343 e. The zero-order chi connectivity index (χ0) is 23.5. The lowest BCUT2D eigenvalue weighted by atomic mass is 9.86. The molecule has 5 N–H and O–H groups in total. The number of methoxy groups -OCH3 is 1. The standard InChI is InChI=1S/C22H21N5O6/c1-3-22(30)14-7-16-18-12(8-27(16)19(28)13(14)9-33-20(22)29)17(25-21(23)26-31)11-6-10(32-2)4-5-15(11)24-18/h4-7,30-31H,3,8-9H2,1-2H3,(H3,23,24,25,26)/t22-/m0/s1. The van der Waals surface area contributed by atoms with Gasteiger partial charge in [-0.25, -0.2) is 9.78 Å². The van der Waals surface area contributed by atoms with Gasteiger partial charge in [0.25, 0.3) is 5.56 Å². The van der Waals surface area contributed by atoms with E-state index < -0.39 is 11.6 Å². The summed E-state index contributed by atoms with van der Waals surface area (Å²) in [7, 11) is 1.54. The van der Waals surface area contributed by atoms with Gasteiger partial charge in [0.2, 0.25) is 5.96 Å². The highest BCUT2D eigenvalue weighted by Gasteiger charge is 2.45. The maximum atomic E-state index is 13.4. The Hall–Kier alpha value is -4.12. The number of carbonyl (C=O) groups is 1. The number of hydrogen-bond acceptors (Lipinski definition) is 8. The number of benzene rings is 1. The van der Waals surface area contributed by atoms with Crippen molar-refractivity contribution in [3.05, 3.63) is 51.3 Å². The van der Waals surface area contributed by atoms with Crippen molar-refractivity contribution in [1.29, 1.82) is 0 Å². The largest absolute Gasteiger partial charge is 0.497 e. The Balaban J connectivity index is 1.81. The number of hydrogen-bond donors (Lipinski definition) is 4. The highest BCUT2D eigenvalue weighted by molar-refractivity contribution is 6.05. The van der Waals surface area contributed by atoms with E-state index in [4.69, 9.17) is 25.4 Å². The normalized spacial score (nSPS) is 19.0. The summed E-state index contributed by atoms with van der Waals surface area (Å²) >= 11 is 0. The molecule has 0 radical (unpaired) electrons. The first kappa shape index (κ1) is 20.8. The highest BCUT2D eigenvalue weighted by atomic mass is 16.6. The van der Waals surface area contributed by atoms with E-state index in [1.54, 1.807) is 31.2 Å². The maximum absolute atomic E-state index is 13.4. The van der Waals surface area contributed by atoms with Gasteiger partial charge in [-0.3, -0.25) is 4.79 Å². The molecule has 0 bridgehead atoms. The predicted octanol–water partition coefficient (Wildman–Crippen LogP) is 1.20. The van der Waals surface area contributed by atoms with Gasteiger partial charge in [-0.1, -0.05) is 12.1 Å². The third kappa shape index (κ3) is 2.85. The summed E-state index contributed by atoms with van der Waals surface area (Å²) in [6, 6.07) is 6.89. The van der Waals surface area contributed by atoms with E-state index in [1.165, 1.54) is 11.7 Å². The molecule has 2 aromatic heterocycles. The molecule has 11 nitrogen and oxygen atoms in total. The van der Waals surface area contributed by atoms with Gasteiger partial charge in [0.1, 0.15) is 12.4 Å². The average Bonchev–Trinajstić information content (AvgIpc) is 3.20. The Morgan fingerprint density at radius 1 is 1.36 bits per heavy atom. The molecule has 0 amide bonds. The molecule has 33 heavy (non-hydrogen) atoms. The monoisotopic (exact) mass is 451 g/mol. The Bertz CT molecular complexity index is 1430. The number of pyridine rings is 2. The number of nitrogens with two attached hydrogens (primary N) is 1. The second kappa shape index (κ2) is 7.20. The van der Waals surface area contributed by atoms with Crippen LogP contribution < -0.4 is 21.3 Å². The molecule has 1 aromatic carbocycles. The lowest BCUT2D eigenvalue weighted by Gasteiger charge is -2.31. The number of anilines is 1. The molecule has 170 valence electrons. The number of cyclic esters (lactones) is 1. The number of esters is 1. The van der Waals surface area contributed by atoms with E-state index in [1.807, 2.05) is 0 Å². The number of aromatic nitrogens is 2. The first-order valence-electron chi connectivity index (χ1n) is 10.2. The minimum Gasteiger partial charge on any atom is -0.497 e. The van der Waals surface area contributed by atoms with Gasteiger partial charge in [0.05, 0.1) is 41.8 Å². The molecule has 4 heterocycles. The molecule has 0 spiro atoms. The fourth-order valence-electron chi connectivity index (χ4n) is 4.48. The Morgan fingerprint density at radius 2 is 2.15 bits per heavy atom. The fourth-order valence-corrected chi connectivity index (χ4v) is 4.48. The van der Waals surface area contributed by atoms with Gasteiger partial charge >= 0.3 is 5.97 Å². The van der Waals surface area contributed by atoms with Crippen LogP contribution in [0.4, 0.5) is 5.69 Å². The lowest BCUT2D eigenvalue weighted by Crippen LogP contribution is -2.44. The lowest BCUT2D eigenvalue weighted by molar-refractivity contribution is -0.172. The van der Waals surface area contributed by atoms with Crippen LogP contribution in [0.25, 0.3) is 22.3 Å². The molecule has 2 aliphatic rings. The third-order valence-electron chi connectivity index (χ3n) is 6.26. The Kier molecular flexibility index (Phi) is 4.53. The first-order valence-corrected chi connectivity index (χ1v) is 10.2. The summed E-state index contributed by atoms with van der Waals surface area (Å²) in [6.07, 6.45) is 0.0514. The van der Waals surface area contributed by atoms with Gasteiger partial charge in [0, 0.05) is 16.5 Å². The van der Waals surface area contributed by atoms with E-state index >= 15 is 0 Å². The maximum Gasteiger partial charge on any atom is 0.343 e. The van der Waals surface area contributed by atoms with Crippen LogP contribution in [0.1, 0.15) is 30.0 Å². The van der Waals surface area contributed by atoms with Crippen molar-refractivity contribution in [3.63, 3.8) is 0 Å². The van der Waals surface area contributed by atoms with E-state index in [0.29, 0.717) is 39.3 Å². The van der Waals surface area contributed by atoms with Crippen LogP contribution in [0.3, 0.4) is 0 Å². The SMILES string of the molecule is CC[C@@]1(O)C(=O)OCc2c1cc1n(c2=O)Cc2c-1nc1ccc(OC)cc1c2NC(N)=NO. The molecule has 0 saturated carbocycles. The molecule has 0 aliphatic carbocycles. The van der Waals surface area contributed by atoms with Crippen LogP contribution in [-0.4, -0.2) is 38.9 Å². The molecule has 11 heteroatoms. The zero-order valence-electron chi connectivity index (χ0n) is 17.9. The minimum absolute atomic E-state index is 0.0514. The second-order valence-electron chi connectivity index (χ2n) is 7.91. The summed E-state index contributed by atoms with van der Waals surface area (Å²) in [5, 5.41) is 26.7. The van der Waals surface area contributed by atoms with Gasteiger partial charge in [-0.2, -0.15) is 0 Å². The van der Waals surface area contributed by atoms with Crippen molar-refractivity contribution in [2.24, 2.45) is 10.9 Å². The second-order valence-corrected chi connectivity index (χ2v) is 7.91. The molecule has 0 saturated heterocycles. The molecule has 2 aliphatic heterocycles. The highest BCUT2D eigenvalue weighted by Crippen LogP contribution is 2.42. The van der Waals surface area contributed by atoms with Crippen LogP contribution in [0.2, 0.25) is 0 Å². The molecular formula is C22H21N5O6. The Labute approximate surface area is 187 Å². The predicted molar refractivity (Wildman–Crippen MR) is 118 cm³/mol. The fraction of sp³-hybridized carbons (Fsp3) is 0.273. The van der Waals surface area contributed by atoms with Crippen LogP contribution in [0.15, 0.2) is 34.2 Å². The molecular weight excluding hydrogens is 430 g/mol. The quantitative estimate of drug-likeness (QED) is 0.118. The molecule has 0 fully saturated rings. The summed E-state index contributed by atoms with van der Waals surface area (Å²) in [4.78, 5) is 30.5. The van der Waals surface area contributed by atoms with E-state index in [-0.39, 0.29) is 42.2 Å².